The van der Waals surface area contributed by atoms with Crippen molar-refractivity contribution >= 4 is 39.5 Å². The van der Waals surface area contributed by atoms with Crippen LogP contribution in [0.4, 0.5) is 0 Å². The predicted octanol–water partition coefficient (Wildman–Crippen LogP) is 19.9. The molecule has 0 bridgehead atoms. The molecule has 0 heterocycles. The van der Waals surface area contributed by atoms with Crippen LogP contribution in [0.2, 0.25) is 0 Å². The first-order chi connectivity index (χ1) is 42.7. The third-order valence-corrected chi connectivity index (χ3v) is 18.0. The molecular formula is C69H134O17P2. The van der Waals surface area contributed by atoms with Crippen molar-refractivity contribution < 1.29 is 80.2 Å². The van der Waals surface area contributed by atoms with Gasteiger partial charge in [-0.15, -0.1) is 0 Å². The Kier molecular flexibility index (Phi) is 62.4. The van der Waals surface area contributed by atoms with E-state index in [0.29, 0.717) is 25.7 Å². The van der Waals surface area contributed by atoms with Gasteiger partial charge in [0.1, 0.15) is 19.3 Å². The summed E-state index contributed by atoms with van der Waals surface area (Å²) in [5, 5.41) is 10.5. The normalized spacial score (nSPS) is 14.0. The quantitative estimate of drug-likeness (QED) is 0.0222. The monoisotopic (exact) mass is 1300 g/mol. The summed E-state index contributed by atoms with van der Waals surface area (Å²) in [7, 11) is -9.88. The fourth-order valence-electron chi connectivity index (χ4n) is 10.5. The largest absolute Gasteiger partial charge is 0.472 e. The van der Waals surface area contributed by atoms with Gasteiger partial charge >= 0.3 is 39.5 Å². The molecule has 522 valence electrons. The van der Waals surface area contributed by atoms with Gasteiger partial charge in [-0.3, -0.25) is 37.3 Å². The second kappa shape index (κ2) is 63.8. The summed E-state index contributed by atoms with van der Waals surface area (Å²) in [6.45, 7) is 4.82. The molecular weight excluding hydrogens is 1160 g/mol. The second-order valence-corrected chi connectivity index (χ2v) is 27.8. The Morgan fingerprint density at radius 3 is 0.670 bits per heavy atom. The number of unbranched alkanes of at least 4 members (excludes halogenated alkanes) is 44. The van der Waals surface area contributed by atoms with E-state index in [1.165, 1.54) is 180 Å². The van der Waals surface area contributed by atoms with Crippen LogP contribution in [-0.4, -0.2) is 96.7 Å². The fourth-order valence-corrected chi connectivity index (χ4v) is 12.1. The molecule has 2 unspecified atom stereocenters. The number of hydrogen-bond acceptors (Lipinski definition) is 15. The van der Waals surface area contributed by atoms with Crippen LogP contribution in [0, 0.1) is 0 Å². The van der Waals surface area contributed by atoms with Gasteiger partial charge in [-0.1, -0.05) is 310 Å². The first kappa shape index (κ1) is 86.1. The molecule has 0 fully saturated rings. The van der Waals surface area contributed by atoms with E-state index >= 15 is 0 Å². The van der Waals surface area contributed by atoms with E-state index in [1.54, 1.807) is 0 Å². The van der Waals surface area contributed by atoms with E-state index in [4.69, 9.17) is 37.0 Å². The molecule has 0 rings (SSSR count). The number of aliphatic hydroxyl groups is 1. The Balaban J connectivity index is 5.11. The number of hydrogen-bond donors (Lipinski definition) is 3. The van der Waals surface area contributed by atoms with E-state index < -0.39 is 97.5 Å². The first-order valence-electron chi connectivity index (χ1n) is 36.3. The standard InChI is InChI=1S/C69H134O17P2/c1-5-9-13-17-20-23-25-27-29-31-32-33-35-37-39-41-44-48-52-56-69(74)86-65(60-80-67(72)54-50-46-43-40-38-36-34-30-28-26-24-21-18-14-10-6-2)62-84-88(77,78)82-58-63(70)57-81-87(75,76)83-61-64(59-79-66(71)53-49-45-16-12-8-4)85-68(73)55-51-47-42-22-19-15-11-7-3/h63-65,70H,5-62H2,1-4H3,(H,75,76)(H,77,78)/t63-,64+,65+/m0/s1. The van der Waals surface area contributed by atoms with E-state index in [2.05, 4.69) is 27.7 Å². The molecule has 19 heteroatoms. The van der Waals surface area contributed by atoms with Gasteiger partial charge in [-0.2, -0.15) is 0 Å². The number of carbonyl (C=O) groups is 4. The summed E-state index contributed by atoms with van der Waals surface area (Å²) >= 11 is 0. The molecule has 0 aliphatic heterocycles. The molecule has 88 heavy (non-hydrogen) atoms. The van der Waals surface area contributed by atoms with E-state index in [0.717, 1.165) is 103 Å². The summed E-state index contributed by atoms with van der Waals surface area (Å²) in [5.41, 5.74) is 0. The zero-order valence-corrected chi connectivity index (χ0v) is 58.5. The molecule has 0 amide bonds. The molecule has 0 spiro atoms. The van der Waals surface area contributed by atoms with Gasteiger partial charge in [0.2, 0.25) is 0 Å². The van der Waals surface area contributed by atoms with Crippen LogP contribution >= 0.6 is 15.6 Å². The molecule has 0 saturated heterocycles. The van der Waals surface area contributed by atoms with Crippen molar-refractivity contribution in [1.29, 1.82) is 0 Å². The lowest BCUT2D eigenvalue weighted by atomic mass is 10.0. The summed E-state index contributed by atoms with van der Waals surface area (Å²) in [6.07, 6.45) is 51.9. The van der Waals surface area contributed by atoms with Gasteiger partial charge in [0.25, 0.3) is 0 Å². The van der Waals surface area contributed by atoms with Gasteiger partial charge in [0, 0.05) is 25.7 Å². The van der Waals surface area contributed by atoms with E-state index in [-0.39, 0.29) is 25.7 Å². The Morgan fingerprint density at radius 2 is 0.455 bits per heavy atom. The highest BCUT2D eigenvalue weighted by molar-refractivity contribution is 7.47. The van der Waals surface area contributed by atoms with Crippen LogP contribution in [-0.2, 0) is 65.4 Å². The van der Waals surface area contributed by atoms with E-state index in [1.807, 2.05) is 0 Å². The summed E-state index contributed by atoms with van der Waals surface area (Å²) in [6, 6.07) is 0. The van der Waals surface area contributed by atoms with Crippen molar-refractivity contribution in [2.24, 2.45) is 0 Å². The molecule has 0 saturated carbocycles. The maximum atomic E-state index is 13.0. The average molecular weight is 1300 g/mol. The van der Waals surface area contributed by atoms with Crippen LogP contribution in [0.1, 0.15) is 362 Å². The SMILES string of the molecule is CCCCCCCCCCCCCCCCCCCCCC(=O)O[C@H](COC(=O)CCCCCCCCCCCCCCCCCC)COP(=O)(O)OC[C@@H](O)COP(=O)(O)OC[C@@H](COC(=O)CCCCCCC)OC(=O)CCCCCCCCCC. The molecule has 0 aliphatic rings. The smallest absolute Gasteiger partial charge is 0.462 e. The van der Waals surface area contributed by atoms with Crippen LogP contribution < -0.4 is 0 Å². The van der Waals surface area contributed by atoms with Gasteiger partial charge < -0.3 is 33.8 Å². The van der Waals surface area contributed by atoms with Gasteiger partial charge in [-0.05, 0) is 25.7 Å². The van der Waals surface area contributed by atoms with Gasteiger partial charge in [0.05, 0.1) is 26.4 Å². The minimum absolute atomic E-state index is 0.104. The van der Waals surface area contributed by atoms with Gasteiger partial charge in [-0.25, -0.2) is 9.13 Å². The first-order valence-corrected chi connectivity index (χ1v) is 39.3. The number of esters is 4. The predicted molar refractivity (Wildman–Crippen MR) is 354 cm³/mol. The number of phosphoric acid groups is 2. The Morgan fingerprint density at radius 1 is 0.273 bits per heavy atom. The lowest BCUT2D eigenvalue weighted by Gasteiger charge is -2.21. The summed E-state index contributed by atoms with van der Waals surface area (Å²) < 4.78 is 67.9. The molecule has 0 aromatic heterocycles. The average Bonchev–Trinajstić information content (AvgIpc) is 3.70. The number of aliphatic hydroxyl groups excluding tert-OH is 1. The summed E-state index contributed by atoms with van der Waals surface area (Å²) in [5.74, 6) is -2.14. The van der Waals surface area contributed by atoms with Crippen molar-refractivity contribution in [3.63, 3.8) is 0 Å². The highest BCUT2D eigenvalue weighted by atomic mass is 31.2. The maximum absolute atomic E-state index is 13.0. The van der Waals surface area contributed by atoms with Crippen molar-refractivity contribution in [3.8, 4) is 0 Å². The fraction of sp³-hybridized carbons (Fsp3) is 0.942. The summed E-state index contributed by atoms with van der Waals surface area (Å²) in [4.78, 5) is 72.1. The molecule has 0 aromatic rings. The van der Waals surface area contributed by atoms with Crippen molar-refractivity contribution in [2.75, 3.05) is 39.6 Å². The van der Waals surface area contributed by atoms with Crippen molar-refractivity contribution in [2.45, 2.75) is 380 Å². The van der Waals surface area contributed by atoms with Gasteiger partial charge in [0.15, 0.2) is 12.2 Å². The Bertz CT molecular complexity index is 1690. The second-order valence-electron chi connectivity index (χ2n) is 24.9. The lowest BCUT2D eigenvalue weighted by Crippen LogP contribution is -2.30. The number of rotatable bonds is 70. The Labute approximate surface area is 537 Å². The highest BCUT2D eigenvalue weighted by Crippen LogP contribution is 2.45. The van der Waals surface area contributed by atoms with Crippen LogP contribution in [0.5, 0.6) is 0 Å². The zero-order valence-electron chi connectivity index (χ0n) is 56.7. The minimum Gasteiger partial charge on any atom is -0.462 e. The highest BCUT2D eigenvalue weighted by Gasteiger charge is 2.30. The third-order valence-electron chi connectivity index (χ3n) is 16.1. The number of ether oxygens (including phenoxy) is 4. The van der Waals surface area contributed by atoms with Crippen LogP contribution in [0.15, 0.2) is 0 Å². The third kappa shape index (κ3) is 62.8. The van der Waals surface area contributed by atoms with Crippen LogP contribution in [0.25, 0.3) is 0 Å². The molecule has 0 radical (unpaired) electrons. The maximum Gasteiger partial charge on any atom is 0.472 e. The van der Waals surface area contributed by atoms with Crippen LogP contribution in [0.3, 0.4) is 0 Å². The number of phosphoric ester groups is 2. The molecule has 3 N–H and O–H groups in total. The topological polar surface area (TPSA) is 237 Å². The number of carbonyl (C=O) groups excluding carboxylic acids is 4. The van der Waals surface area contributed by atoms with Crippen molar-refractivity contribution in [3.05, 3.63) is 0 Å². The molecule has 5 atom stereocenters. The van der Waals surface area contributed by atoms with E-state index in [9.17, 15) is 43.2 Å². The minimum atomic E-state index is -4.95. The zero-order chi connectivity index (χ0) is 64.7. The molecule has 17 nitrogen and oxygen atoms in total. The molecule has 0 aromatic carbocycles. The van der Waals surface area contributed by atoms with Crippen molar-refractivity contribution in [1.82, 2.24) is 0 Å². The molecule has 0 aliphatic carbocycles. The Hall–Kier alpha value is -1.94. The lowest BCUT2D eigenvalue weighted by molar-refractivity contribution is -0.161.